The number of carbonyl (C=O) groups excluding carboxylic acids is 1. The van der Waals surface area contributed by atoms with Crippen LogP contribution in [0.1, 0.15) is 25.7 Å². The molecule has 3 aliphatic rings. The molecule has 2 aliphatic carbocycles. The highest BCUT2D eigenvalue weighted by Crippen LogP contribution is 2.44. The number of nitrogens with one attached hydrogen (secondary N) is 1. The van der Waals surface area contributed by atoms with Crippen molar-refractivity contribution < 1.29 is 9.90 Å². The third-order valence-corrected chi connectivity index (χ3v) is 6.35. The van der Waals surface area contributed by atoms with Gasteiger partial charge in [0, 0.05) is 32.4 Å². The van der Waals surface area contributed by atoms with Crippen LogP contribution in [0.4, 0.5) is 5.82 Å². The molecule has 2 saturated carbocycles. The van der Waals surface area contributed by atoms with Crippen LogP contribution < -0.4 is 4.90 Å². The van der Waals surface area contributed by atoms with E-state index in [4.69, 9.17) is 0 Å². The molecule has 132 valence electrons. The van der Waals surface area contributed by atoms with Crippen molar-refractivity contribution in [2.45, 2.75) is 37.3 Å². The maximum absolute atomic E-state index is 12.4. The van der Waals surface area contributed by atoms with E-state index in [1.165, 1.54) is 0 Å². The minimum Gasteiger partial charge on any atom is -0.380 e. The van der Waals surface area contributed by atoms with Crippen molar-refractivity contribution in [1.82, 2.24) is 19.9 Å². The van der Waals surface area contributed by atoms with E-state index in [9.17, 15) is 9.90 Å². The molecule has 2 unspecified atom stereocenters. The molecular weight excluding hydrogens is 318 g/mol. The normalized spacial score (nSPS) is 29.8. The first-order valence-electron chi connectivity index (χ1n) is 9.08. The zero-order valence-electron chi connectivity index (χ0n) is 14.4. The third-order valence-electron chi connectivity index (χ3n) is 6.35. The summed E-state index contributed by atoms with van der Waals surface area (Å²) in [7, 11) is 2.11. The highest BCUT2D eigenvalue weighted by atomic mass is 16.3. The predicted molar refractivity (Wildman–Crippen MR) is 93.1 cm³/mol. The minimum absolute atomic E-state index is 0.0448. The molecule has 7 nitrogen and oxygen atoms in total. The van der Waals surface area contributed by atoms with Crippen molar-refractivity contribution in [2.75, 3.05) is 25.0 Å². The number of H-pyrrole nitrogens is 1. The van der Waals surface area contributed by atoms with Crippen LogP contribution in [0.5, 0.6) is 0 Å². The zero-order chi connectivity index (χ0) is 17.2. The van der Waals surface area contributed by atoms with Gasteiger partial charge in [-0.1, -0.05) is 0 Å². The minimum atomic E-state index is -1.03. The molecule has 0 aromatic carbocycles. The van der Waals surface area contributed by atoms with Gasteiger partial charge in [-0.3, -0.25) is 4.79 Å². The molecule has 2 atom stereocenters. The summed E-state index contributed by atoms with van der Waals surface area (Å²) in [6.07, 6.45) is 6.90. The van der Waals surface area contributed by atoms with E-state index in [1.54, 1.807) is 6.33 Å². The molecule has 3 fully saturated rings. The Bertz CT molecular complexity index is 816. The summed E-state index contributed by atoms with van der Waals surface area (Å²) in [4.78, 5) is 28.4. The smallest absolute Gasteiger partial charge is 0.254 e. The fourth-order valence-corrected chi connectivity index (χ4v) is 4.69. The Labute approximate surface area is 146 Å². The zero-order valence-corrected chi connectivity index (χ0v) is 14.4. The number of amides is 1. The molecule has 0 radical (unpaired) electrons. The molecular formula is C18H23N5O2. The van der Waals surface area contributed by atoms with Crippen LogP contribution in [0, 0.1) is 11.8 Å². The summed E-state index contributed by atoms with van der Waals surface area (Å²) >= 11 is 0. The second kappa shape index (κ2) is 5.17. The number of likely N-dealkylation sites (tertiary alicyclic amines) is 1. The van der Waals surface area contributed by atoms with E-state index in [-0.39, 0.29) is 5.91 Å². The van der Waals surface area contributed by atoms with Crippen LogP contribution in [0.2, 0.25) is 0 Å². The first-order chi connectivity index (χ1) is 12.0. The predicted octanol–water partition coefficient (Wildman–Crippen LogP) is 1.16. The highest BCUT2D eigenvalue weighted by Gasteiger charge is 2.53. The summed E-state index contributed by atoms with van der Waals surface area (Å²) in [5.41, 5.74) is -0.167. The lowest BCUT2D eigenvalue weighted by Crippen LogP contribution is -2.40. The van der Waals surface area contributed by atoms with Gasteiger partial charge in [-0.05, 0) is 43.6 Å². The first kappa shape index (κ1) is 15.1. The number of nitrogens with zero attached hydrogens (tertiary/aromatic N) is 4. The average molecular weight is 341 g/mol. The Morgan fingerprint density at radius 3 is 2.72 bits per heavy atom. The number of aromatic amines is 1. The van der Waals surface area contributed by atoms with E-state index < -0.39 is 5.60 Å². The van der Waals surface area contributed by atoms with Gasteiger partial charge in [0.15, 0.2) is 0 Å². The van der Waals surface area contributed by atoms with Crippen LogP contribution in [0.3, 0.4) is 0 Å². The van der Waals surface area contributed by atoms with Crippen molar-refractivity contribution in [1.29, 1.82) is 0 Å². The number of hydrogen-bond donors (Lipinski definition) is 2. The van der Waals surface area contributed by atoms with Gasteiger partial charge in [-0.25, -0.2) is 9.97 Å². The Hall–Kier alpha value is -2.15. The number of carbonyl (C=O) groups is 1. The molecule has 2 aromatic heterocycles. The largest absolute Gasteiger partial charge is 0.380 e. The van der Waals surface area contributed by atoms with Crippen molar-refractivity contribution in [3.8, 4) is 0 Å². The Morgan fingerprint density at radius 2 is 2.04 bits per heavy atom. The van der Waals surface area contributed by atoms with E-state index in [1.807, 2.05) is 17.2 Å². The van der Waals surface area contributed by atoms with Crippen molar-refractivity contribution in [2.24, 2.45) is 11.8 Å². The van der Waals surface area contributed by atoms with Crippen LogP contribution in [0.25, 0.3) is 11.0 Å². The standard InChI is InChI=1S/C18H23N5O2/c1-22(16-14-2-5-19-15(14)20-10-21-16)13-6-11-8-23(9-12(11)7-13)17(24)18(25)3-4-18/h2,5,10-13,25H,3-4,6-9H2,1H3,(H,19,20,21). The molecule has 1 aliphatic heterocycles. The molecule has 2 aromatic rings. The Morgan fingerprint density at radius 1 is 1.32 bits per heavy atom. The first-order valence-corrected chi connectivity index (χ1v) is 9.08. The number of fused-ring (bicyclic) bond motifs is 2. The van der Waals surface area contributed by atoms with Gasteiger partial charge in [-0.15, -0.1) is 0 Å². The van der Waals surface area contributed by atoms with Crippen LogP contribution in [0.15, 0.2) is 18.6 Å². The monoisotopic (exact) mass is 341 g/mol. The molecule has 25 heavy (non-hydrogen) atoms. The molecule has 0 spiro atoms. The second-order valence-corrected chi connectivity index (χ2v) is 7.94. The van der Waals surface area contributed by atoms with Crippen molar-refractivity contribution in [3.05, 3.63) is 18.6 Å². The maximum Gasteiger partial charge on any atom is 0.254 e. The Kier molecular flexibility index (Phi) is 3.13. The van der Waals surface area contributed by atoms with Gasteiger partial charge < -0.3 is 19.9 Å². The Balaban J connectivity index is 1.29. The van der Waals surface area contributed by atoms with E-state index >= 15 is 0 Å². The van der Waals surface area contributed by atoms with Crippen LogP contribution in [-0.2, 0) is 4.79 Å². The van der Waals surface area contributed by atoms with Gasteiger partial charge in [0.2, 0.25) is 0 Å². The van der Waals surface area contributed by atoms with E-state index in [2.05, 4.69) is 26.9 Å². The van der Waals surface area contributed by atoms with E-state index in [0.29, 0.717) is 30.7 Å². The molecule has 1 amide bonds. The summed E-state index contributed by atoms with van der Waals surface area (Å²) < 4.78 is 0. The van der Waals surface area contributed by atoms with Gasteiger partial charge in [0.25, 0.3) is 5.91 Å². The number of aromatic nitrogens is 3. The van der Waals surface area contributed by atoms with Gasteiger partial charge in [0.1, 0.15) is 23.4 Å². The fraction of sp³-hybridized carbons (Fsp3) is 0.611. The number of rotatable bonds is 3. The lowest BCUT2D eigenvalue weighted by Gasteiger charge is -2.28. The molecule has 0 bridgehead atoms. The lowest BCUT2D eigenvalue weighted by atomic mass is 10.0. The number of hydrogen-bond acceptors (Lipinski definition) is 5. The lowest BCUT2D eigenvalue weighted by molar-refractivity contribution is -0.141. The molecule has 7 heteroatoms. The quantitative estimate of drug-likeness (QED) is 0.875. The maximum atomic E-state index is 12.4. The van der Waals surface area contributed by atoms with Crippen molar-refractivity contribution >= 4 is 22.8 Å². The topological polar surface area (TPSA) is 85.4 Å². The third kappa shape index (κ3) is 2.33. The average Bonchev–Trinajstić information content (AvgIpc) is 2.99. The van der Waals surface area contributed by atoms with Gasteiger partial charge in [-0.2, -0.15) is 0 Å². The fourth-order valence-electron chi connectivity index (χ4n) is 4.69. The van der Waals surface area contributed by atoms with Crippen LogP contribution in [-0.4, -0.2) is 62.6 Å². The van der Waals surface area contributed by atoms with Gasteiger partial charge >= 0.3 is 0 Å². The summed E-state index contributed by atoms with van der Waals surface area (Å²) in [5, 5.41) is 11.1. The number of anilines is 1. The summed E-state index contributed by atoms with van der Waals surface area (Å²) in [6, 6.07) is 2.46. The van der Waals surface area contributed by atoms with Crippen LogP contribution >= 0.6 is 0 Å². The summed E-state index contributed by atoms with van der Waals surface area (Å²) in [6.45, 7) is 1.58. The van der Waals surface area contributed by atoms with Crippen molar-refractivity contribution in [3.63, 3.8) is 0 Å². The molecule has 5 rings (SSSR count). The number of aliphatic hydroxyl groups is 1. The van der Waals surface area contributed by atoms with Gasteiger partial charge in [0.05, 0.1) is 5.39 Å². The molecule has 1 saturated heterocycles. The molecule has 3 heterocycles. The highest BCUT2D eigenvalue weighted by molar-refractivity contribution is 5.88. The second-order valence-electron chi connectivity index (χ2n) is 7.94. The summed E-state index contributed by atoms with van der Waals surface area (Å²) in [5.74, 6) is 1.98. The SMILES string of the molecule is CN(c1ncnc2[nH]ccc12)C1CC2CN(C(=O)C3(O)CC3)CC2C1. The molecule has 2 N–H and O–H groups in total. The van der Waals surface area contributed by atoms with E-state index in [0.717, 1.165) is 42.8 Å².